The molecule has 160 valence electrons. The summed E-state index contributed by atoms with van der Waals surface area (Å²) in [5.41, 5.74) is 4.64. The van der Waals surface area contributed by atoms with Gasteiger partial charge in [-0.25, -0.2) is 4.98 Å². The molecule has 0 atom stereocenters. The molecule has 4 aromatic rings. The molecule has 0 bridgehead atoms. The highest BCUT2D eigenvalue weighted by molar-refractivity contribution is 14.1. The highest BCUT2D eigenvalue weighted by Gasteiger charge is 2.09. The summed E-state index contributed by atoms with van der Waals surface area (Å²) in [7, 11) is 0. The van der Waals surface area contributed by atoms with Crippen LogP contribution in [0.5, 0.6) is 5.75 Å². The van der Waals surface area contributed by atoms with Gasteiger partial charge >= 0.3 is 0 Å². The fourth-order valence-corrected chi connectivity index (χ4v) is 4.78. The minimum Gasteiger partial charge on any atom is -0.487 e. The normalized spacial score (nSPS) is 11.1. The summed E-state index contributed by atoms with van der Waals surface area (Å²) in [5, 5.41) is 17.2. The molecule has 0 fully saturated rings. The van der Waals surface area contributed by atoms with Crippen LogP contribution in [0.25, 0.3) is 10.8 Å². The van der Waals surface area contributed by atoms with Crippen LogP contribution in [0.1, 0.15) is 11.1 Å². The third-order valence-corrected chi connectivity index (χ3v) is 5.96. The van der Waals surface area contributed by atoms with Crippen LogP contribution in [0.3, 0.4) is 0 Å². The lowest BCUT2D eigenvalue weighted by Crippen LogP contribution is -1.99. The van der Waals surface area contributed by atoms with Crippen LogP contribution in [0.4, 0.5) is 11.5 Å². The standard InChI is InChI=1S/C23H16BrIN4O3/c24-20-10-16(12-27-28-22-8-7-19(13-26-22)29(30)31)11-21(25)23(20)32-14-15-5-6-17-3-1-2-4-18(17)9-15/h1-13H,14H2,(H,26,28)/b27-12+. The van der Waals surface area contributed by atoms with Gasteiger partial charge in [0.25, 0.3) is 5.69 Å². The molecular formula is C23H16BrIN4O3. The van der Waals surface area contributed by atoms with Crippen LogP contribution in [-0.4, -0.2) is 16.1 Å². The Kier molecular flexibility index (Phi) is 6.96. The number of nitro groups is 1. The molecule has 0 radical (unpaired) electrons. The second-order valence-corrected chi connectivity index (χ2v) is 8.83. The van der Waals surface area contributed by atoms with Crippen LogP contribution in [0.15, 0.2) is 82.5 Å². The number of hydrogen-bond donors (Lipinski definition) is 1. The zero-order valence-corrected chi connectivity index (χ0v) is 20.3. The smallest absolute Gasteiger partial charge is 0.287 e. The van der Waals surface area contributed by atoms with Crippen LogP contribution in [0, 0.1) is 13.7 Å². The Bertz CT molecular complexity index is 1290. The van der Waals surface area contributed by atoms with Gasteiger partial charge in [0, 0.05) is 6.07 Å². The minimum atomic E-state index is -0.497. The number of fused-ring (bicyclic) bond motifs is 1. The van der Waals surface area contributed by atoms with Gasteiger partial charge in [0.1, 0.15) is 24.4 Å². The van der Waals surface area contributed by atoms with Crippen molar-refractivity contribution < 1.29 is 9.66 Å². The Balaban J connectivity index is 1.41. The lowest BCUT2D eigenvalue weighted by atomic mass is 10.1. The molecule has 9 heteroatoms. The molecule has 1 aromatic heterocycles. The monoisotopic (exact) mass is 602 g/mol. The molecule has 0 saturated heterocycles. The summed E-state index contributed by atoms with van der Waals surface area (Å²) in [4.78, 5) is 14.1. The van der Waals surface area contributed by atoms with Gasteiger partial charge in [-0.05, 0) is 84.7 Å². The maximum atomic E-state index is 10.7. The molecule has 0 saturated carbocycles. The van der Waals surface area contributed by atoms with Crippen LogP contribution in [-0.2, 0) is 6.61 Å². The fraction of sp³-hybridized carbons (Fsp3) is 0.0435. The van der Waals surface area contributed by atoms with Crippen LogP contribution >= 0.6 is 38.5 Å². The molecule has 0 spiro atoms. The van der Waals surface area contributed by atoms with E-state index < -0.39 is 4.92 Å². The lowest BCUT2D eigenvalue weighted by Gasteiger charge is -2.12. The lowest BCUT2D eigenvalue weighted by molar-refractivity contribution is -0.385. The quantitative estimate of drug-likeness (QED) is 0.112. The van der Waals surface area contributed by atoms with Crippen molar-refractivity contribution in [2.45, 2.75) is 6.61 Å². The summed E-state index contributed by atoms with van der Waals surface area (Å²) in [6.07, 6.45) is 2.82. The molecule has 0 aliphatic rings. The second kappa shape index (κ2) is 10.0. The summed E-state index contributed by atoms with van der Waals surface area (Å²) in [6, 6.07) is 21.3. The molecule has 32 heavy (non-hydrogen) atoms. The SMILES string of the molecule is O=[N+]([O-])c1ccc(N/N=C/c2cc(Br)c(OCc3ccc4ccccc4c3)c(I)c2)nc1. The van der Waals surface area contributed by atoms with Gasteiger partial charge < -0.3 is 4.74 Å². The Morgan fingerprint density at radius 2 is 1.94 bits per heavy atom. The Morgan fingerprint density at radius 3 is 2.66 bits per heavy atom. The van der Waals surface area contributed by atoms with Gasteiger partial charge in [-0.2, -0.15) is 5.10 Å². The van der Waals surface area contributed by atoms with Crippen molar-refractivity contribution >= 4 is 67.0 Å². The first-order valence-electron chi connectivity index (χ1n) is 9.48. The Hall–Kier alpha value is -3.05. The first-order chi connectivity index (χ1) is 15.5. The number of ether oxygens (including phenoxy) is 1. The number of benzene rings is 3. The van der Waals surface area contributed by atoms with Crippen LogP contribution < -0.4 is 10.2 Å². The molecule has 0 aliphatic carbocycles. The maximum absolute atomic E-state index is 10.7. The zero-order valence-electron chi connectivity index (χ0n) is 16.5. The number of pyridine rings is 1. The summed E-state index contributed by atoms with van der Waals surface area (Å²) < 4.78 is 7.84. The average Bonchev–Trinajstić information content (AvgIpc) is 2.79. The predicted octanol–water partition coefficient (Wildman–Crippen LogP) is 6.54. The number of rotatable bonds is 7. The topological polar surface area (TPSA) is 89.7 Å². The van der Waals surface area contributed by atoms with Gasteiger partial charge in [-0.3, -0.25) is 15.5 Å². The first-order valence-corrected chi connectivity index (χ1v) is 11.4. The molecule has 3 aromatic carbocycles. The summed E-state index contributed by atoms with van der Waals surface area (Å²) >= 11 is 5.81. The van der Waals surface area contributed by atoms with Crippen molar-refractivity contribution in [2.75, 3.05) is 5.43 Å². The number of nitrogens with zero attached hydrogens (tertiary/aromatic N) is 3. The van der Waals surface area contributed by atoms with Gasteiger partial charge in [0.05, 0.1) is 19.2 Å². The van der Waals surface area contributed by atoms with E-state index in [1.165, 1.54) is 29.1 Å². The third-order valence-electron chi connectivity index (χ3n) is 4.57. The van der Waals surface area contributed by atoms with E-state index in [1.54, 1.807) is 6.21 Å². The summed E-state index contributed by atoms with van der Waals surface area (Å²) in [6.45, 7) is 0.459. The van der Waals surface area contributed by atoms with E-state index in [4.69, 9.17) is 4.74 Å². The second-order valence-electron chi connectivity index (χ2n) is 6.81. The molecule has 0 aliphatic heterocycles. The van der Waals surface area contributed by atoms with E-state index in [1.807, 2.05) is 24.3 Å². The Labute approximate surface area is 205 Å². The van der Waals surface area contributed by atoms with E-state index in [9.17, 15) is 10.1 Å². The van der Waals surface area contributed by atoms with Gasteiger partial charge in [-0.15, -0.1) is 0 Å². The zero-order chi connectivity index (χ0) is 22.5. The number of hydrazone groups is 1. The van der Waals surface area contributed by atoms with Crippen molar-refractivity contribution in [3.8, 4) is 5.75 Å². The van der Waals surface area contributed by atoms with Crippen molar-refractivity contribution in [1.82, 2.24) is 4.98 Å². The van der Waals surface area contributed by atoms with E-state index >= 15 is 0 Å². The highest BCUT2D eigenvalue weighted by Crippen LogP contribution is 2.32. The molecule has 0 unspecified atom stereocenters. The average molecular weight is 603 g/mol. The van der Waals surface area contributed by atoms with Crippen molar-refractivity contribution in [3.05, 3.63) is 102 Å². The molecule has 4 rings (SSSR count). The van der Waals surface area contributed by atoms with Crippen molar-refractivity contribution in [3.63, 3.8) is 0 Å². The number of nitrogens with one attached hydrogen (secondary N) is 1. The molecular weight excluding hydrogens is 587 g/mol. The van der Waals surface area contributed by atoms with Gasteiger partial charge in [0.15, 0.2) is 0 Å². The molecule has 1 N–H and O–H groups in total. The summed E-state index contributed by atoms with van der Waals surface area (Å²) in [5.74, 6) is 1.18. The van der Waals surface area contributed by atoms with Crippen molar-refractivity contribution in [2.24, 2.45) is 5.10 Å². The predicted molar refractivity (Wildman–Crippen MR) is 137 cm³/mol. The number of halogens is 2. The number of anilines is 1. The first kappa shape index (κ1) is 22.2. The largest absolute Gasteiger partial charge is 0.487 e. The van der Waals surface area contributed by atoms with E-state index in [2.05, 4.69) is 84.4 Å². The Morgan fingerprint density at radius 1 is 1.12 bits per heavy atom. The van der Waals surface area contributed by atoms with Gasteiger partial charge in [0.2, 0.25) is 0 Å². The maximum Gasteiger partial charge on any atom is 0.287 e. The highest BCUT2D eigenvalue weighted by atomic mass is 127. The molecule has 7 nitrogen and oxygen atoms in total. The number of aromatic nitrogens is 1. The van der Waals surface area contributed by atoms with E-state index in [-0.39, 0.29) is 5.69 Å². The molecule has 1 heterocycles. The van der Waals surface area contributed by atoms with E-state index in [0.717, 1.165) is 24.9 Å². The van der Waals surface area contributed by atoms with Gasteiger partial charge in [-0.1, -0.05) is 36.4 Å². The minimum absolute atomic E-state index is 0.0720. The number of hydrogen-bond acceptors (Lipinski definition) is 6. The third kappa shape index (κ3) is 5.40. The van der Waals surface area contributed by atoms with E-state index in [0.29, 0.717) is 12.4 Å². The van der Waals surface area contributed by atoms with Crippen LogP contribution in [0.2, 0.25) is 0 Å². The fourth-order valence-electron chi connectivity index (χ4n) is 3.01. The molecule has 0 amide bonds. The van der Waals surface area contributed by atoms with Crippen molar-refractivity contribution in [1.29, 1.82) is 0 Å².